The van der Waals surface area contributed by atoms with Gasteiger partial charge in [0.2, 0.25) is 0 Å². The van der Waals surface area contributed by atoms with Gasteiger partial charge in [0.15, 0.2) is 0 Å². The van der Waals surface area contributed by atoms with E-state index in [1.165, 1.54) is 37.0 Å². The lowest BCUT2D eigenvalue weighted by Crippen LogP contribution is -2.32. The van der Waals surface area contributed by atoms with Crippen LogP contribution in [0.2, 0.25) is 0 Å². The second kappa shape index (κ2) is 6.41. The molecule has 136 valence electrons. The summed E-state index contributed by atoms with van der Waals surface area (Å²) in [4.78, 5) is 26.4. The van der Waals surface area contributed by atoms with Crippen LogP contribution in [0.3, 0.4) is 0 Å². The van der Waals surface area contributed by atoms with Crippen molar-refractivity contribution in [2.75, 3.05) is 6.54 Å². The number of amides is 2. The predicted octanol–water partition coefficient (Wildman–Crippen LogP) is 4.63. The first-order chi connectivity index (χ1) is 12.1. The smallest absolute Gasteiger partial charge is 0.257 e. The van der Waals surface area contributed by atoms with Crippen LogP contribution >= 0.6 is 0 Å². The molecule has 4 rings (SSSR count). The molecular formula is C22H31NO2. The van der Waals surface area contributed by atoms with E-state index in [4.69, 9.17) is 0 Å². The zero-order chi connectivity index (χ0) is 17.6. The summed E-state index contributed by atoms with van der Waals surface area (Å²) in [5.74, 6) is 2.56. The summed E-state index contributed by atoms with van der Waals surface area (Å²) in [7, 11) is 0. The van der Waals surface area contributed by atoms with Gasteiger partial charge in [-0.05, 0) is 74.5 Å². The molecular weight excluding hydrogens is 310 g/mol. The number of unbranched alkanes of at least 4 members (excludes halogenated alkanes) is 1. The minimum absolute atomic E-state index is 0.0279. The topological polar surface area (TPSA) is 37.4 Å². The molecule has 3 aliphatic carbocycles. The highest BCUT2D eigenvalue weighted by molar-refractivity contribution is 6.19. The lowest BCUT2D eigenvalue weighted by molar-refractivity contribution is -0.137. The van der Waals surface area contributed by atoms with Crippen molar-refractivity contribution in [2.45, 2.75) is 71.6 Å². The van der Waals surface area contributed by atoms with E-state index in [1.807, 2.05) is 13.8 Å². The van der Waals surface area contributed by atoms with Crippen molar-refractivity contribution >= 4 is 11.8 Å². The van der Waals surface area contributed by atoms with Gasteiger partial charge in [0, 0.05) is 17.7 Å². The lowest BCUT2D eigenvalue weighted by atomic mass is 9.79. The Bertz CT molecular complexity index is 616. The van der Waals surface area contributed by atoms with Crippen LogP contribution in [0.1, 0.15) is 71.6 Å². The molecule has 2 unspecified atom stereocenters. The van der Waals surface area contributed by atoms with E-state index >= 15 is 0 Å². The second-order valence-corrected chi connectivity index (χ2v) is 8.62. The Kier molecular flexibility index (Phi) is 4.37. The molecule has 4 aliphatic rings. The molecule has 0 aromatic rings. The van der Waals surface area contributed by atoms with Crippen LogP contribution in [0.4, 0.5) is 0 Å². The summed E-state index contributed by atoms with van der Waals surface area (Å²) in [6.45, 7) is 4.54. The zero-order valence-electron chi connectivity index (χ0n) is 15.7. The van der Waals surface area contributed by atoms with Gasteiger partial charge in [-0.15, -0.1) is 0 Å². The minimum atomic E-state index is -0.0279. The number of carbonyl (C=O) groups is 2. The third-order valence-electron chi connectivity index (χ3n) is 7.21. The van der Waals surface area contributed by atoms with Crippen molar-refractivity contribution in [1.82, 2.24) is 4.90 Å². The van der Waals surface area contributed by atoms with E-state index in [9.17, 15) is 9.59 Å². The van der Waals surface area contributed by atoms with E-state index < -0.39 is 0 Å². The maximum atomic E-state index is 12.4. The monoisotopic (exact) mass is 341 g/mol. The molecule has 1 heterocycles. The highest BCUT2D eigenvalue weighted by Crippen LogP contribution is 2.63. The molecule has 0 radical (unpaired) electrons. The number of rotatable bonds is 8. The second-order valence-electron chi connectivity index (χ2n) is 8.62. The predicted molar refractivity (Wildman–Crippen MR) is 98.7 cm³/mol. The number of fused-ring (bicyclic) bond motifs is 2. The molecule has 0 aromatic heterocycles. The molecule has 2 bridgehead atoms. The highest BCUT2D eigenvalue weighted by Gasteiger charge is 2.53. The Morgan fingerprint density at radius 2 is 1.72 bits per heavy atom. The molecule has 3 nitrogen and oxygen atoms in total. The molecule has 0 N–H and O–H groups in total. The van der Waals surface area contributed by atoms with E-state index in [1.54, 1.807) is 0 Å². The first kappa shape index (κ1) is 17.1. The third-order valence-corrected chi connectivity index (χ3v) is 7.21. The third kappa shape index (κ3) is 2.80. The molecule has 25 heavy (non-hydrogen) atoms. The molecule has 3 heteroatoms. The van der Waals surface area contributed by atoms with Gasteiger partial charge in [0.25, 0.3) is 11.8 Å². The van der Waals surface area contributed by atoms with Gasteiger partial charge in [-0.3, -0.25) is 14.5 Å². The van der Waals surface area contributed by atoms with Crippen molar-refractivity contribution in [1.29, 1.82) is 0 Å². The summed E-state index contributed by atoms with van der Waals surface area (Å²) in [6.07, 6.45) is 15.4. The van der Waals surface area contributed by atoms with Crippen molar-refractivity contribution in [3.05, 3.63) is 23.3 Å². The summed E-state index contributed by atoms with van der Waals surface area (Å²) < 4.78 is 0. The number of allylic oxidation sites excluding steroid dienone is 2. The maximum absolute atomic E-state index is 12.4. The standard InChI is InChI=1S/C22H31NO2/c1-3-18-19(4-2)21(25)23(20(18)24)12-6-5-7-15-13-22(17-8-9-17)11-10-16(15)14-22/h10-11,15-17H,3-9,12-14H2,1-2H3/t15?,16-,22?/m1/s1. The van der Waals surface area contributed by atoms with Crippen molar-refractivity contribution in [3.8, 4) is 0 Å². The molecule has 0 aromatic carbocycles. The molecule has 1 aliphatic heterocycles. The van der Waals surface area contributed by atoms with Gasteiger partial charge < -0.3 is 0 Å². The summed E-state index contributed by atoms with van der Waals surface area (Å²) in [5.41, 5.74) is 2.06. The van der Waals surface area contributed by atoms with Crippen LogP contribution in [0, 0.1) is 23.2 Å². The van der Waals surface area contributed by atoms with E-state index in [-0.39, 0.29) is 11.8 Å². The van der Waals surface area contributed by atoms with Gasteiger partial charge >= 0.3 is 0 Å². The van der Waals surface area contributed by atoms with Crippen molar-refractivity contribution < 1.29 is 9.59 Å². The molecule has 3 atom stereocenters. The summed E-state index contributed by atoms with van der Waals surface area (Å²) in [5, 5.41) is 0. The van der Waals surface area contributed by atoms with Crippen LogP contribution in [-0.4, -0.2) is 23.3 Å². The quantitative estimate of drug-likeness (QED) is 0.366. The molecule has 0 saturated heterocycles. The Labute approximate surface area is 151 Å². The van der Waals surface area contributed by atoms with E-state index in [0.717, 1.165) is 41.7 Å². The Morgan fingerprint density at radius 3 is 2.32 bits per heavy atom. The van der Waals surface area contributed by atoms with Crippen LogP contribution < -0.4 is 0 Å². The summed E-state index contributed by atoms with van der Waals surface area (Å²) >= 11 is 0. The molecule has 2 amide bonds. The number of carbonyl (C=O) groups excluding carboxylic acids is 2. The van der Waals surface area contributed by atoms with Gasteiger partial charge in [-0.2, -0.15) is 0 Å². The zero-order valence-corrected chi connectivity index (χ0v) is 15.7. The Hall–Kier alpha value is -1.38. The largest absolute Gasteiger partial charge is 0.275 e. The average Bonchev–Trinajstić information content (AvgIpc) is 3.25. The fourth-order valence-corrected chi connectivity index (χ4v) is 5.73. The minimum Gasteiger partial charge on any atom is -0.275 e. The SMILES string of the molecule is CCC1=C(CC)C(=O)N(CCCCC2CC3(C4CC4)C=C[C@@H]2C3)C1=O. The number of nitrogens with zero attached hydrogens (tertiary/aromatic N) is 1. The van der Waals surface area contributed by atoms with E-state index in [2.05, 4.69) is 12.2 Å². The number of imide groups is 1. The van der Waals surface area contributed by atoms with Gasteiger partial charge in [-0.1, -0.05) is 32.4 Å². The Balaban J connectivity index is 1.25. The van der Waals surface area contributed by atoms with Crippen LogP contribution in [0.5, 0.6) is 0 Å². The molecule has 0 spiro atoms. The number of hydrogen-bond acceptors (Lipinski definition) is 2. The van der Waals surface area contributed by atoms with Gasteiger partial charge in [0.05, 0.1) is 0 Å². The van der Waals surface area contributed by atoms with Crippen molar-refractivity contribution in [2.24, 2.45) is 23.2 Å². The molecule has 2 saturated carbocycles. The van der Waals surface area contributed by atoms with Crippen LogP contribution in [-0.2, 0) is 9.59 Å². The maximum Gasteiger partial charge on any atom is 0.257 e. The fourth-order valence-electron chi connectivity index (χ4n) is 5.73. The first-order valence-electron chi connectivity index (χ1n) is 10.4. The van der Waals surface area contributed by atoms with Crippen LogP contribution in [0.25, 0.3) is 0 Å². The first-order valence-corrected chi connectivity index (χ1v) is 10.4. The fraction of sp³-hybridized carbons (Fsp3) is 0.727. The lowest BCUT2D eigenvalue weighted by Gasteiger charge is -2.26. The van der Waals surface area contributed by atoms with Gasteiger partial charge in [-0.25, -0.2) is 0 Å². The normalized spacial score (nSPS) is 34.1. The van der Waals surface area contributed by atoms with E-state index in [0.29, 0.717) is 24.8 Å². The average molecular weight is 341 g/mol. The molecule has 2 fully saturated rings. The number of hydrogen-bond donors (Lipinski definition) is 0. The van der Waals surface area contributed by atoms with Crippen LogP contribution in [0.15, 0.2) is 23.3 Å². The Morgan fingerprint density at radius 1 is 1.04 bits per heavy atom. The van der Waals surface area contributed by atoms with Crippen molar-refractivity contribution in [3.63, 3.8) is 0 Å². The van der Waals surface area contributed by atoms with Gasteiger partial charge in [0.1, 0.15) is 0 Å². The summed E-state index contributed by atoms with van der Waals surface area (Å²) in [6, 6.07) is 0. The highest BCUT2D eigenvalue weighted by atomic mass is 16.2.